The van der Waals surface area contributed by atoms with Crippen LogP contribution < -0.4 is 0 Å². The van der Waals surface area contributed by atoms with Crippen molar-refractivity contribution in [2.75, 3.05) is 6.54 Å². The van der Waals surface area contributed by atoms with Crippen molar-refractivity contribution < 1.29 is 4.79 Å². The maximum absolute atomic E-state index is 12.8. The van der Waals surface area contributed by atoms with E-state index in [1.807, 2.05) is 59.5 Å². The van der Waals surface area contributed by atoms with E-state index in [2.05, 4.69) is 22.1 Å². The van der Waals surface area contributed by atoms with E-state index < -0.39 is 0 Å². The molecule has 0 saturated carbocycles. The number of aryl methyl sites for hydroxylation is 1. The molecule has 5 heteroatoms. The van der Waals surface area contributed by atoms with E-state index in [0.717, 1.165) is 36.3 Å². The molecule has 1 atom stereocenters. The molecule has 0 radical (unpaired) electrons. The first-order chi connectivity index (χ1) is 12.7. The highest BCUT2D eigenvalue weighted by molar-refractivity contribution is 5.79. The van der Waals surface area contributed by atoms with Gasteiger partial charge in [0, 0.05) is 12.1 Å². The third kappa shape index (κ3) is 3.38. The Balaban J connectivity index is 1.50. The molecule has 2 heterocycles. The van der Waals surface area contributed by atoms with Gasteiger partial charge in [0.25, 0.3) is 0 Å². The molecule has 3 aromatic rings. The Morgan fingerprint density at radius 2 is 1.92 bits per heavy atom. The Kier molecular flexibility index (Phi) is 4.52. The quantitative estimate of drug-likeness (QED) is 0.784. The van der Waals surface area contributed by atoms with Crippen LogP contribution in [0.2, 0.25) is 0 Å². The molecule has 5 nitrogen and oxygen atoms in total. The molecule has 1 aliphatic heterocycles. The number of carbonyl (C=O) groups is 1. The van der Waals surface area contributed by atoms with Crippen LogP contribution >= 0.6 is 0 Å². The number of hydrogen-bond donors (Lipinski definition) is 1. The van der Waals surface area contributed by atoms with Crippen molar-refractivity contribution in [3.63, 3.8) is 0 Å². The van der Waals surface area contributed by atoms with Gasteiger partial charge in [0.1, 0.15) is 5.82 Å². The number of benzene rings is 2. The number of aromatic amines is 1. The van der Waals surface area contributed by atoms with Crippen LogP contribution in [0.5, 0.6) is 0 Å². The minimum atomic E-state index is -0.0158. The summed E-state index contributed by atoms with van der Waals surface area (Å²) >= 11 is 0. The molecule has 1 N–H and O–H groups in total. The molecule has 1 aliphatic rings. The lowest BCUT2D eigenvalue weighted by molar-refractivity contribution is -0.131. The monoisotopic (exact) mass is 346 g/mol. The van der Waals surface area contributed by atoms with Gasteiger partial charge >= 0.3 is 0 Å². The van der Waals surface area contributed by atoms with E-state index in [0.29, 0.717) is 12.2 Å². The zero-order chi connectivity index (χ0) is 17.9. The minimum Gasteiger partial charge on any atom is -0.332 e. The van der Waals surface area contributed by atoms with Crippen LogP contribution in [-0.4, -0.2) is 32.5 Å². The van der Waals surface area contributed by atoms with Crippen molar-refractivity contribution in [3.8, 4) is 11.4 Å². The molecule has 0 aliphatic carbocycles. The lowest BCUT2D eigenvalue weighted by Crippen LogP contribution is -2.32. The average molecular weight is 346 g/mol. The Labute approximate surface area is 153 Å². The lowest BCUT2D eigenvalue weighted by Gasteiger charge is -2.23. The Morgan fingerprint density at radius 1 is 1.15 bits per heavy atom. The maximum Gasteiger partial charge on any atom is 0.227 e. The number of H-pyrrole nitrogens is 1. The number of hydrogen-bond acceptors (Lipinski definition) is 3. The highest BCUT2D eigenvalue weighted by Crippen LogP contribution is 2.31. The molecule has 1 saturated heterocycles. The van der Waals surface area contributed by atoms with Gasteiger partial charge in [0.2, 0.25) is 5.91 Å². The van der Waals surface area contributed by atoms with Gasteiger partial charge < -0.3 is 4.90 Å². The number of nitrogens with one attached hydrogen (secondary N) is 1. The van der Waals surface area contributed by atoms with Crippen molar-refractivity contribution in [1.29, 1.82) is 0 Å². The van der Waals surface area contributed by atoms with Crippen LogP contribution in [0.1, 0.15) is 35.8 Å². The highest BCUT2D eigenvalue weighted by Gasteiger charge is 2.32. The molecule has 1 fully saturated rings. The molecule has 1 aromatic heterocycles. The summed E-state index contributed by atoms with van der Waals surface area (Å²) in [5.41, 5.74) is 3.23. The summed E-state index contributed by atoms with van der Waals surface area (Å²) in [5, 5.41) is 7.39. The summed E-state index contributed by atoms with van der Waals surface area (Å²) in [7, 11) is 0. The van der Waals surface area contributed by atoms with E-state index in [1.54, 1.807) is 0 Å². The van der Waals surface area contributed by atoms with E-state index in [1.165, 1.54) is 5.56 Å². The first-order valence-electron chi connectivity index (χ1n) is 9.03. The summed E-state index contributed by atoms with van der Waals surface area (Å²) in [6.07, 6.45) is 2.34. The van der Waals surface area contributed by atoms with E-state index >= 15 is 0 Å². The fraction of sp³-hybridized carbons (Fsp3) is 0.286. The number of rotatable bonds is 4. The molecular weight excluding hydrogens is 324 g/mol. The molecule has 0 unspecified atom stereocenters. The van der Waals surface area contributed by atoms with Crippen molar-refractivity contribution in [2.24, 2.45) is 0 Å². The summed E-state index contributed by atoms with van der Waals surface area (Å²) in [6.45, 7) is 2.83. The Bertz CT molecular complexity index is 886. The second-order valence-corrected chi connectivity index (χ2v) is 6.82. The normalized spacial score (nSPS) is 16.8. The molecule has 2 aromatic carbocycles. The number of nitrogens with zero attached hydrogens (tertiary/aromatic N) is 3. The largest absolute Gasteiger partial charge is 0.332 e. The predicted octanol–water partition coefficient (Wildman–Crippen LogP) is 3.69. The van der Waals surface area contributed by atoms with Gasteiger partial charge in [-0.3, -0.25) is 9.89 Å². The smallest absolute Gasteiger partial charge is 0.227 e. The number of likely N-dealkylation sites (tertiary alicyclic amines) is 1. The summed E-state index contributed by atoms with van der Waals surface area (Å²) in [5.74, 6) is 1.60. The molecular formula is C21H22N4O. The third-order valence-electron chi connectivity index (χ3n) is 4.90. The second kappa shape index (κ2) is 7.12. The second-order valence-electron chi connectivity index (χ2n) is 6.82. The molecule has 1 amide bonds. The highest BCUT2D eigenvalue weighted by atomic mass is 16.2. The molecule has 4 rings (SSSR count). The van der Waals surface area contributed by atoms with Crippen molar-refractivity contribution in [2.45, 2.75) is 32.2 Å². The van der Waals surface area contributed by atoms with Gasteiger partial charge in [-0.1, -0.05) is 60.2 Å². The maximum atomic E-state index is 12.8. The van der Waals surface area contributed by atoms with Gasteiger partial charge in [0.15, 0.2) is 5.82 Å². The van der Waals surface area contributed by atoms with Gasteiger partial charge in [0.05, 0.1) is 12.5 Å². The Hall–Kier alpha value is -2.95. The number of amides is 1. The van der Waals surface area contributed by atoms with Crippen molar-refractivity contribution in [1.82, 2.24) is 20.1 Å². The third-order valence-corrected chi connectivity index (χ3v) is 4.90. The zero-order valence-electron chi connectivity index (χ0n) is 14.9. The fourth-order valence-corrected chi connectivity index (χ4v) is 3.47. The van der Waals surface area contributed by atoms with Crippen molar-refractivity contribution >= 4 is 5.91 Å². The fourth-order valence-electron chi connectivity index (χ4n) is 3.47. The van der Waals surface area contributed by atoms with Gasteiger partial charge in [-0.05, 0) is 25.3 Å². The predicted molar refractivity (Wildman–Crippen MR) is 100 cm³/mol. The summed E-state index contributed by atoms with van der Waals surface area (Å²) in [4.78, 5) is 19.4. The zero-order valence-corrected chi connectivity index (χ0v) is 14.9. The minimum absolute atomic E-state index is 0.0158. The van der Waals surface area contributed by atoms with Crippen LogP contribution in [0.25, 0.3) is 11.4 Å². The van der Waals surface area contributed by atoms with Gasteiger partial charge in [-0.2, -0.15) is 5.10 Å². The van der Waals surface area contributed by atoms with E-state index in [4.69, 9.17) is 0 Å². The topological polar surface area (TPSA) is 61.9 Å². The average Bonchev–Trinajstić information content (AvgIpc) is 3.33. The van der Waals surface area contributed by atoms with Crippen LogP contribution in [0.15, 0.2) is 54.6 Å². The van der Waals surface area contributed by atoms with E-state index in [-0.39, 0.29) is 11.9 Å². The molecule has 132 valence electrons. The first-order valence-corrected chi connectivity index (χ1v) is 9.03. The van der Waals surface area contributed by atoms with Crippen LogP contribution in [-0.2, 0) is 11.2 Å². The molecule has 26 heavy (non-hydrogen) atoms. The summed E-state index contributed by atoms with van der Waals surface area (Å²) in [6, 6.07) is 18.0. The van der Waals surface area contributed by atoms with Crippen LogP contribution in [0, 0.1) is 6.92 Å². The summed E-state index contributed by atoms with van der Waals surface area (Å²) < 4.78 is 0. The molecule has 0 bridgehead atoms. The van der Waals surface area contributed by atoms with E-state index in [9.17, 15) is 4.79 Å². The van der Waals surface area contributed by atoms with Crippen molar-refractivity contribution in [3.05, 3.63) is 71.5 Å². The lowest BCUT2D eigenvalue weighted by atomic mass is 10.1. The number of aromatic nitrogens is 3. The van der Waals surface area contributed by atoms with Crippen LogP contribution in [0.4, 0.5) is 0 Å². The first kappa shape index (κ1) is 16.5. The standard InChI is InChI=1S/C21H22N4O/c1-15-9-11-16(12-10-15)14-19(26)25-13-5-8-18(25)21-22-20(23-24-21)17-6-3-2-4-7-17/h2-4,6-7,9-12,18H,5,8,13-14H2,1H3,(H,22,23,24)/t18-/m0/s1. The Morgan fingerprint density at radius 3 is 2.69 bits per heavy atom. The van der Waals surface area contributed by atoms with Crippen LogP contribution in [0.3, 0.4) is 0 Å². The van der Waals surface area contributed by atoms with Gasteiger partial charge in [-0.25, -0.2) is 4.98 Å². The SMILES string of the molecule is Cc1ccc(CC(=O)N2CCC[C@H]2c2nc(-c3ccccc3)n[nH]2)cc1. The van der Waals surface area contributed by atoms with Gasteiger partial charge in [-0.15, -0.1) is 0 Å². The molecule has 0 spiro atoms. The number of carbonyl (C=O) groups excluding carboxylic acids is 1.